The van der Waals surface area contributed by atoms with Crippen molar-refractivity contribution in [2.75, 3.05) is 26.3 Å². The molecule has 1 atom stereocenters. The van der Waals surface area contributed by atoms with Crippen LogP contribution in [0.2, 0.25) is 0 Å². The molecule has 0 spiro atoms. The first-order chi connectivity index (χ1) is 14.4. The molecular formula is C21H28N4O5. The number of rotatable bonds is 4. The molecule has 0 aromatic carbocycles. The molecule has 9 nitrogen and oxygen atoms in total. The zero-order valence-corrected chi connectivity index (χ0v) is 17.6. The van der Waals surface area contributed by atoms with E-state index in [9.17, 15) is 14.4 Å². The van der Waals surface area contributed by atoms with E-state index in [-0.39, 0.29) is 35.1 Å². The average Bonchev–Trinajstić information content (AvgIpc) is 3.27. The predicted molar refractivity (Wildman–Crippen MR) is 111 cm³/mol. The molecule has 2 aliphatic rings. The first-order valence-corrected chi connectivity index (χ1v) is 10.6. The van der Waals surface area contributed by atoms with Crippen molar-refractivity contribution in [3.63, 3.8) is 0 Å². The van der Waals surface area contributed by atoms with Gasteiger partial charge in [-0.2, -0.15) is 0 Å². The van der Waals surface area contributed by atoms with Gasteiger partial charge in [-0.25, -0.2) is 9.78 Å². The summed E-state index contributed by atoms with van der Waals surface area (Å²) in [5.74, 6) is -0.0798. The van der Waals surface area contributed by atoms with Gasteiger partial charge in [0.05, 0.1) is 24.2 Å². The summed E-state index contributed by atoms with van der Waals surface area (Å²) >= 11 is 0. The van der Waals surface area contributed by atoms with Gasteiger partial charge < -0.3 is 14.4 Å². The van der Waals surface area contributed by atoms with Crippen LogP contribution in [-0.2, 0) is 16.0 Å². The Morgan fingerprint density at radius 2 is 2.03 bits per heavy atom. The largest absolute Gasteiger partial charge is 0.350 e. The molecule has 0 radical (unpaired) electrons. The van der Waals surface area contributed by atoms with Gasteiger partial charge in [0.2, 0.25) is 0 Å². The Kier molecular flexibility index (Phi) is 5.75. The molecule has 162 valence electrons. The number of fused-ring (bicyclic) bond motifs is 1. The van der Waals surface area contributed by atoms with Crippen molar-refractivity contribution < 1.29 is 14.3 Å². The minimum absolute atomic E-state index is 0.0371. The van der Waals surface area contributed by atoms with E-state index >= 15 is 0 Å². The number of carbonyl (C=O) groups is 1. The van der Waals surface area contributed by atoms with E-state index in [1.54, 1.807) is 17.9 Å². The number of carbonyl (C=O) groups excluding carboxylic acids is 1. The molecule has 0 saturated carbocycles. The monoisotopic (exact) mass is 416 g/mol. The summed E-state index contributed by atoms with van der Waals surface area (Å²) in [7, 11) is 0. The van der Waals surface area contributed by atoms with Crippen molar-refractivity contribution in [1.29, 1.82) is 0 Å². The van der Waals surface area contributed by atoms with Gasteiger partial charge in [-0.15, -0.1) is 0 Å². The molecule has 2 saturated heterocycles. The maximum Gasteiger partial charge on any atom is 0.329 e. The second-order valence-corrected chi connectivity index (χ2v) is 8.21. The number of H-pyrrole nitrogens is 1. The fraction of sp³-hybridized carbons (Fsp3) is 0.619. The summed E-state index contributed by atoms with van der Waals surface area (Å²) in [6.07, 6.45) is 1.49. The van der Waals surface area contributed by atoms with Crippen LogP contribution < -0.4 is 11.2 Å². The van der Waals surface area contributed by atoms with Crippen molar-refractivity contribution in [1.82, 2.24) is 19.4 Å². The van der Waals surface area contributed by atoms with Gasteiger partial charge in [0.1, 0.15) is 0 Å². The summed E-state index contributed by atoms with van der Waals surface area (Å²) in [5, 5.41) is 0.168. The zero-order valence-electron chi connectivity index (χ0n) is 17.6. The van der Waals surface area contributed by atoms with Gasteiger partial charge >= 0.3 is 5.69 Å². The highest BCUT2D eigenvalue weighted by atomic mass is 16.7. The molecule has 4 heterocycles. The average molecular weight is 416 g/mol. The van der Waals surface area contributed by atoms with Crippen molar-refractivity contribution in [2.45, 2.75) is 52.4 Å². The Hall–Kier alpha value is -2.52. The van der Waals surface area contributed by atoms with Crippen LogP contribution in [0.3, 0.4) is 0 Å². The van der Waals surface area contributed by atoms with Gasteiger partial charge in [0.25, 0.3) is 11.5 Å². The molecule has 2 aromatic rings. The lowest BCUT2D eigenvalue weighted by molar-refractivity contribution is -0.0969. The van der Waals surface area contributed by atoms with Gasteiger partial charge in [0, 0.05) is 31.2 Å². The molecule has 2 aliphatic heterocycles. The van der Waals surface area contributed by atoms with Gasteiger partial charge in [-0.1, -0.05) is 13.8 Å². The summed E-state index contributed by atoms with van der Waals surface area (Å²) in [6, 6.07) is 1.70. The van der Waals surface area contributed by atoms with E-state index in [1.807, 2.05) is 13.8 Å². The highest BCUT2D eigenvalue weighted by Crippen LogP contribution is 2.27. The number of hydrogen-bond donors (Lipinski definition) is 1. The van der Waals surface area contributed by atoms with Crippen molar-refractivity contribution >= 4 is 16.9 Å². The molecule has 9 heteroatoms. The van der Waals surface area contributed by atoms with Gasteiger partial charge in [0.15, 0.2) is 11.9 Å². The van der Waals surface area contributed by atoms with E-state index in [2.05, 4.69) is 9.97 Å². The molecule has 0 aliphatic carbocycles. The summed E-state index contributed by atoms with van der Waals surface area (Å²) in [5.41, 5.74) is 0.129. The number of hydrogen-bond acceptors (Lipinski definition) is 6. The van der Waals surface area contributed by atoms with Crippen LogP contribution in [0.4, 0.5) is 0 Å². The van der Waals surface area contributed by atoms with Crippen LogP contribution in [-0.4, -0.2) is 57.9 Å². The number of pyridine rings is 1. The summed E-state index contributed by atoms with van der Waals surface area (Å²) in [6.45, 7) is 8.35. The minimum Gasteiger partial charge on any atom is -0.350 e. The Balaban J connectivity index is 1.79. The van der Waals surface area contributed by atoms with Crippen LogP contribution in [0.1, 0.15) is 55.6 Å². The highest BCUT2D eigenvalue weighted by molar-refractivity contribution is 6.05. The van der Waals surface area contributed by atoms with Crippen molar-refractivity contribution in [3.05, 3.63) is 38.2 Å². The maximum atomic E-state index is 13.6. The van der Waals surface area contributed by atoms with Crippen LogP contribution in [0.5, 0.6) is 0 Å². The van der Waals surface area contributed by atoms with Gasteiger partial charge in [-0.05, 0) is 31.7 Å². The molecule has 1 N–H and O–H groups in total. The number of nitrogens with zero attached hydrogens (tertiary/aromatic N) is 3. The molecule has 1 unspecified atom stereocenters. The second-order valence-electron chi connectivity index (χ2n) is 8.21. The Morgan fingerprint density at radius 3 is 2.70 bits per heavy atom. The van der Waals surface area contributed by atoms with Crippen LogP contribution in [0.25, 0.3) is 11.0 Å². The summed E-state index contributed by atoms with van der Waals surface area (Å²) in [4.78, 5) is 47.2. The number of nitrogens with one attached hydrogen (secondary N) is 1. The third-order valence-corrected chi connectivity index (χ3v) is 5.88. The van der Waals surface area contributed by atoms with Crippen molar-refractivity contribution in [3.8, 4) is 0 Å². The number of piperidine rings is 1. The molecule has 4 rings (SSSR count). The lowest BCUT2D eigenvalue weighted by Gasteiger charge is -2.35. The number of aromatic amines is 1. The number of aryl methyl sites for hydroxylation is 1. The number of likely N-dealkylation sites (tertiary alicyclic amines) is 1. The van der Waals surface area contributed by atoms with Gasteiger partial charge in [-0.3, -0.25) is 19.1 Å². The maximum absolute atomic E-state index is 13.6. The third-order valence-electron chi connectivity index (χ3n) is 5.88. The van der Waals surface area contributed by atoms with Crippen LogP contribution >= 0.6 is 0 Å². The Labute approximate surface area is 174 Å². The van der Waals surface area contributed by atoms with E-state index < -0.39 is 11.2 Å². The lowest BCUT2D eigenvalue weighted by atomic mass is 9.96. The quantitative estimate of drug-likeness (QED) is 0.809. The first-order valence-electron chi connectivity index (χ1n) is 10.6. The Morgan fingerprint density at radius 1 is 1.30 bits per heavy atom. The van der Waals surface area contributed by atoms with E-state index in [0.29, 0.717) is 44.1 Å². The molecule has 2 fully saturated rings. The second kappa shape index (κ2) is 8.31. The fourth-order valence-corrected chi connectivity index (χ4v) is 4.29. The number of ether oxygens (including phenoxy) is 2. The first kappa shape index (κ1) is 20.7. The smallest absolute Gasteiger partial charge is 0.329 e. The molecule has 0 bridgehead atoms. The van der Waals surface area contributed by atoms with E-state index in [0.717, 1.165) is 12.8 Å². The number of amides is 1. The molecule has 2 aromatic heterocycles. The van der Waals surface area contributed by atoms with Crippen molar-refractivity contribution in [2.24, 2.45) is 5.92 Å². The third kappa shape index (κ3) is 3.67. The predicted octanol–water partition coefficient (Wildman–Crippen LogP) is 1.45. The Bertz CT molecular complexity index is 1070. The molecule has 1 amide bonds. The van der Waals surface area contributed by atoms with E-state index in [4.69, 9.17) is 9.47 Å². The van der Waals surface area contributed by atoms with Crippen LogP contribution in [0, 0.1) is 5.92 Å². The SMILES string of the molecule is CCn1c(=O)[nH]c(=O)c2c(C(=O)N3CCCC(C4OCCO4)C3)cc(C(C)C)nc21. The zero-order chi connectivity index (χ0) is 21.4. The molecule has 30 heavy (non-hydrogen) atoms. The standard InChI is InChI=1S/C21H28N4O5/c1-4-25-17-16(18(26)23-21(25)28)14(10-15(22-17)12(2)3)19(27)24-7-5-6-13(11-24)20-29-8-9-30-20/h10,12-13,20H,4-9,11H2,1-3H3,(H,23,26,28). The number of aromatic nitrogens is 3. The molecular weight excluding hydrogens is 388 g/mol. The van der Waals surface area contributed by atoms with Crippen LogP contribution in [0.15, 0.2) is 15.7 Å². The summed E-state index contributed by atoms with van der Waals surface area (Å²) < 4.78 is 12.7. The minimum atomic E-state index is -0.582. The fourth-order valence-electron chi connectivity index (χ4n) is 4.29. The van der Waals surface area contributed by atoms with E-state index in [1.165, 1.54) is 4.57 Å². The lowest BCUT2D eigenvalue weighted by Crippen LogP contribution is -2.44. The normalized spacial score (nSPS) is 20.4. The topological polar surface area (TPSA) is 107 Å². The highest BCUT2D eigenvalue weighted by Gasteiger charge is 2.34.